The number of fused-ring (bicyclic) bond motifs is 1. The third-order valence-electron chi connectivity index (χ3n) is 3.95. The molecule has 0 saturated heterocycles. The van der Waals surface area contributed by atoms with E-state index in [-0.39, 0.29) is 24.0 Å². The van der Waals surface area contributed by atoms with E-state index in [0.29, 0.717) is 6.54 Å². The summed E-state index contributed by atoms with van der Waals surface area (Å²) in [5, 5.41) is 9.25. The number of rotatable bonds is 5. The quantitative estimate of drug-likeness (QED) is 0.357. The average molecular weight is 446 g/mol. The van der Waals surface area contributed by atoms with Gasteiger partial charge in [-0.05, 0) is 34.9 Å². The largest absolute Gasteiger partial charge is 0.356 e. The fraction of sp³-hybridized carbons (Fsp3) is 0.200. The fourth-order valence-electron chi connectivity index (χ4n) is 2.72. The van der Waals surface area contributed by atoms with Crippen LogP contribution in [0.1, 0.15) is 11.3 Å². The van der Waals surface area contributed by atoms with Gasteiger partial charge in [-0.3, -0.25) is 9.98 Å². The van der Waals surface area contributed by atoms with E-state index in [1.54, 1.807) is 13.2 Å². The van der Waals surface area contributed by atoms with Crippen LogP contribution in [0.2, 0.25) is 0 Å². The van der Waals surface area contributed by atoms with Crippen LogP contribution in [-0.4, -0.2) is 24.5 Å². The van der Waals surface area contributed by atoms with Crippen LogP contribution in [0.25, 0.3) is 10.8 Å². The summed E-state index contributed by atoms with van der Waals surface area (Å²) < 4.78 is 0. The van der Waals surface area contributed by atoms with Gasteiger partial charge in [-0.25, -0.2) is 0 Å². The minimum atomic E-state index is 0. The lowest BCUT2D eigenvalue weighted by molar-refractivity contribution is 0.785. The molecule has 0 fully saturated rings. The molecular weight excluding hydrogens is 423 g/mol. The molecule has 1 aromatic heterocycles. The molecule has 0 amide bonds. The van der Waals surface area contributed by atoms with E-state index >= 15 is 0 Å². The Morgan fingerprint density at radius 3 is 2.56 bits per heavy atom. The highest BCUT2D eigenvalue weighted by Crippen LogP contribution is 2.18. The number of halogens is 1. The van der Waals surface area contributed by atoms with Crippen LogP contribution >= 0.6 is 24.0 Å². The first-order chi connectivity index (χ1) is 11.9. The summed E-state index contributed by atoms with van der Waals surface area (Å²) >= 11 is 0. The molecular formula is C20H23IN4. The summed E-state index contributed by atoms with van der Waals surface area (Å²) in [5.41, 5.74) is 2.34. The Bertz CT molecular complexity index is 813. The minimum Gasteiger partial charge on any atom is -0.356 e. The molecule has 0 unspecified atom stereocenters. The van der Waals surface area contributed by atoms with Gasteiger partial charge in [-0.2, -0.15) is 0 Å². The highest BCUT2D eigenvalue weighted by Gasteiger charge is 2.02. The molecule has 3 rings (SSSR count). The summed E-state index contributed by atoms with van der Waals surface area (Å²) in [6.45, 7) is 1.49. The number of pyridine rings is 1. The van der Waals surface area contributed by atoms with Crippen molar-refractivity contribution in [2.45, 2.75) is 13.0 Å². The molecule has 4 nitrogen and oxygen atoms in total. The Balaban J connectivity index is 0.00000225. The third kappa shape index (κ3) is 5.42. The first-order valence-electron chi connectivity index (χ1n) is 8.18. The summed E-state index contributed by atoms with van der Waals surface area (Å²) in [6.07, 6.45) is 2.75. The molecule has 0 aliphatic heterocycles. The highest BCUT2D eigenvalue weighted by molar-refractivity contribution is 14.0. The molecule has 130 valence electrons. The van der Waals surface area contributed by atoms with Gasteiger partial charge in [0.15, 0.2) is 5.96 Å². The van der Waals surface area contributed by atoms with Crippen LogP contribution in [-0.2, 0) is 13.0 Å². The number of guanidine groups is 1. The van der Waals surface area contributed by atoms with E-state index in [1.807, 2.05) is 18.2 Å². The minimum absolute atomic E-state index is 0. The predicted octanol–water partition coefficient (Wildman–Crippen LogP) is 3.76. The zero-order chi connectivity index (χ0) is 16.6. The van der Waals surface area contributed by atoms with Crippen molar-refractivity contribution < 1.29 is 0 Å². The van der Waals surface area contributed by atoms with Crippen molar-refractivity contribution in [2.75, 3.05) is 13.6 Å². The molecule has 0 spiro atoms. The van der Waals surface area contributed by atoms with Crippen LogP contribution in [0.4, 0.5) is 0 Å². The number of aromatic nitrogens is 1. The number of nitrogens with zero attached hydrogens (tertiary/aromatic N) is 2. The van der Waals surface area contributed by atoms with Gasteiger partial charge in [0.1, 0.15) is 0 Å². The van der Waals surface area contributed by atoms with Crippen molar-refractivity contribution in [3.63, 3.8) is 0 Å². The summed E-state index contributed by atoms with van der Waals surface area (Å²) in [7, 11) is 1.78. The first-order valence-corrected chi connectivity index (χ1v) is 8.18. The van der Waals surface area contributed by atoms with Crippen LogP contribution < -0.4 is 10.6 Å². The molecule has 0 atom stereocenters. The van der Waals surface area contributed by atoms with E-state index in [9.17, 15) is 0 Å². The van der Waals surface area contributed by atoms with Crippen LogP contribution in [0.15, 0.2) is 71.9 Å². The fourth-order valence-corrected chi connectivity index (χ4v) is 2.72. The van der Waals surface area contributed by atoms with Gasteiger partial charge in [0, 0.05) is 19.8 Å². The van der Waals surface area contributed by atoms with E-state index in [0.717, 1.165) is 24.6 Å². The molecule has 0 bridgehead atoms. The van der Waals surface area contributed by atoms with Crippen LogP contribution in [0.5, 0.6) is 0 Å². The monoisotopic (exact) mass is 446 g/mol. The average Bonchev–Trinajstić information content (AvgIpc) is 2.65. The normalized spacial score (nSPS) is 11.0. The predicted molar refractivity (Wildman–Crippen MR) is 116 cm³/mol. The lowest BCUT2D eigenvalue weighted by atomic mass is 10.0. The Morgan fingerprint density at radius 1 is 0.960 bits per heavy atom. The standard InChI is InChI=1S/C20H22N4.HI/c1-21-20(24-15-18-10-4-5-13-22-18)23-14-12-17-9-6-8-16-7-2-3-11-19(16)17;/h2-11,13H,12,14-15H2,1H3,(H2,21,23,24);1H. The first kappa shape index (κ1) is 19.2. The maximum atomic E-state index is 4.30. The SMILES string of the molecule is CN=C(NCCc1cccc2ccccc12)NCc1ccccn1.I. The smallest absolute Gasteiger partial charge is 0.191 e. The van der Waals surface area contributed by atoms with E-state index < -0.39 is 0 Å². The van der Waals surface area contributed by atoms with Gasteiger partial charge < -0.3 is 10.6 Å². The maximum absolute atomic E-state index is 4.30. The molecule has 2 aromatic carbocycles. The lowest BCUT2D eigenvalue weighted by Crippen LogP contribution is -2.38. The van der Waals surface area contributed by atoms with Gasteiger partial charge in [0.2, 0.25) is 0 Å². The molecule has 2 N–H and O–H groups in total. The lowest BCUT2D eigenvalue weighted by Gasteiger charge is -2.12. The second-order valence-corrected chi connectivity index (χ2v) is 5.56. The Kier molecular flexibility index (Phi) is 7.66. The van der Waals surface area contributed by atoms with Crippen LogP contribution in [0.3, 0.4) is 0 Å². The molecule has 3 aromatic rings. The van der Waals surface area contributed by atoms with Gasteiger partial charge >= 0.3 is 0 Å². The van der Waals surface area contributed by atoms with Crippen molar-refractivity contribution in [3.8, 4) is 0 Å². The van der Waals surface area contributed by atoms with Crippen molar-refractivity contribution >= 4 is 40.7 Å². The van der Waals surface area contributed by atoms with E-state index in [4.69, 9.17) is 0 Å². The molecule has 0 radical (unpaired) electrons. The topological polar surface area (TPSA) is 49.3 Å². The maximum Gasteiger partial charge on any atom is 0.191 e. The van der Waals surface area contributed by atoms with E-state index in [1.165, 1.54) is 16.3 Å². The van der Waals surface area contributed by atoms with Gasteiger partial charge in [-0.15, -0.1) is 24.0 Å². The molecule has 1 heterocycles. The van der Waals surface area contributed by atoms with Gasteiger partial charge in [-0.1, -0.05) is 48.5 Å². The van der Waals surface area contributed by atoms with Crippen molar-refractivity contribution in [1.82, 2.24) is 15.6 Å². The summed E-state index contributed by atoms with van der Waals surface area (Å²) in [6, 6.07) is 20.9. The Labute approximate surface area is 165 Å². The number of hydrogen-bond acceptors (Lipinski definition) is 2. The van der Waals surface area contributed by atoms with Crippen molar-refractivity contribution in [3.05, 3.63) is 78.1 Å². The summed E-state index contributed by atoms with van der Waals surface area (Å²) in [5.74, 6) is 0.792. The number of aliphatic imine (C=N–C) groups is 1. The number of benzene rings is 2. The highest BCUT2D eigenvalue weighted by atomic mass is 127. The molecule has 0 aliphatic rings. The zero-order valence-corrected chi connectivity index (χ0v) is 16.6. The second-order valence-electron chi connectivity index (χ2n) is 5.56. The number of nitrogens with one attached hydrogen (secondary N) is 2. The Morgan fingerprint density at radius 2 is 1.76 bits per heavy atom. The van der Waals surface area contributed by atoms with Crippen molar-refractivity contribution in [1.29, 1.82) is 0 Å². The third-order valence-corrected chi connectivity index (χ3v) is 3.95. The van der Waals surface area contributed by atoms with Crippen LogP contribution in [0, 0.1) is 0 Å². The van der Waals surface area contributed by atoms with E-state index in [2.05, 4.69) is 63.1 Å². The zero-order valence-electron chi connectivity index (χ0n) is 14.3. The van der Waals surface area contributed by atoms with Gasteiger partial charge in [0.05, 0.1) is 12.2 Å². The summed E-state index contributed by atoms with van der Waals surface area (Å²) in [4.78, 5) is 8.57. The molecule has 0 saturated carbocycles. The van der Waals surface area contributed by atoms with Crippen molar-refractivity contribution in [2.24, 2.45) is 4.99 Å². The Hall–Kier alpha value is -2.15. The molecule has 0 aliphatic carbocycles. The number of hydrogen-bond donors (Lipinski definition) is 2. The van der Waals surface area contributed by atoms with Gasteiger partial charge in [0.25, 0.3) is 0 Å². The second kappa shape index (κ2) is 9.98. The molecule has 25 heavy (non-hydrogen) atoms. The molecule has 5 heteroatoms.